The molecule has 1 fully saturated rings. The van der Waals surface area contributed by atoms with Gasteiger partial charge in [0.15, 0.2) is 0 Å². The third kappa shape index (κ3) is 3.14. The molecular weight excluding hydrogens is 363 g/mol. The summed E-state index contributed by atoms with van der Waals surface area (Å²) in [6.07, 6.45) is 2.51. The number of carbonyl (C=O) groups is 1. The van der Waals surface area contributed by atoms with Crippen LogP contribution < -0.4 is 10.6 Å². The van der Waals surface area contributed by atoms with Crippen molar-refractivity contribution in [3.05, 3.63) is 26.7 Å². The van der Waals surface area contributed by atoms with Crippen molar-refractivity contribution in [2.45, 2.75) is 26.2 Å². The fourth-order valence-corrected chi connectivity index (χ4v) is 3.35. The topological polar surface area (TPSA) is 41.1 Å². The number of benzene rings is 1. The Hall–Kier alpha value is -0.290. The molecule has 0 aliphatic carbocycles. The largest absolute Gasteiger partial charge is 0.324 e. The summed E-state index contributed by atoms with van der Waals surface area (Å²) in [5, 5.41) is 7.01. The first-order valence-electron chi connectivity index (χ1n) is 6.66. The highest BCUT2D eigenvalue weighted by Crippen LogP contribution is 2.38. The molecule has 1 aromatic carbocycles. The van der Waals surface area contributed by atoms with Crippen LogP contribution in [0.2, 0.25) is 10.0 Å². The highest BCUT2D eigenvalue weighted by atomic mass is 79.9. The Kier molecular flexibility index (Phi) is 5.35. The van der Waals surface area contributed by atoms with E-state index >= 15 is 0 Å². The summed E-state index contributed by atoms with van der Waals surface area (Å²) in [6.45, 7) is 3.80. The predicted molar refractivity (Wildman–Crippen MR) is 87.6 cm³/mol. The Balaban J connectivity index is 2.21. The van der Waals surface area contributed by atoms with Crippen LogP contribution in [0.5, 0.6) is 0 Å². The van der Waals surface area contributed by atoms with Gasteiger partial charge in [-0.1, -0.05) is 30.1 Å². The lowest BCUT2D eigenvalue weighted by molar-refractivity contribution is -0.127. The van der Waals surface area contributed by atoms with Gasteiger partial charge < -0.3 is 10.6 Å². The average molecular weight is 380 g/mol. The Labute approximate surface area is 137 Å². The molecule has 1 heterocycles. The van der Waals surface area contributed by atoms with Crippen molar-refractivity contribution >= 4 is 50.7 Å². The zero-order valence-corrected chi connectivity index (χ0v) is 14.3. The fourth-order valence-electron chi connectivity index (χ4n) is 2.52. The first-order chi connectivity index (χ1) is 9.50. The summed E-state index contributed by atoms with van der Waals surface area (Å²) in [5.41, 5.74) is 0.255. The molecule has 2 rings (SSSR count). The second kappa shape index (κ2) is 6.65. The first-order valence-corrected chi connectivity index (χ1v) is 8.21. The van der Waals surface area contributed by atoms with Crippen LogP contribution in [0.3, 0.4) is 0 Å². The van der Waals surface area contributed by atoms with Crippen LogP contribution in [0, 0.1) is 5.41 Å². The van der Waals surface area contributed by atoms with Gasteiger partial charge in [0, 0.05) is 4.47 Å². The van der Waals surface area contributed by atoms with Gasteiger partial charge in [0.05, 0.1) is 21.1 Å². The van der Waals surface area contributed by atoms with E-state index in [9.17, 15) is 4.79 Å². The van der Waals surface area contributed by atoms with Crippen LogP contribution in [-0.4, -0.2) is 19.0 Å². The maximum Gasteiger partial charge on any atom is 0.230 e. The van der Waals surface area contributed by atoms with Gasteiger partial charge >= 0.3 is 0 Å². The number of nitrogens with one attached hydrogen (secondary N) is 2. The van der Waals surface area contributed by atoms with Gasteiger partial charge in [-0.2, -0.15) is 0 Å². The molecule has 110 valence electrons. The van der Waals surface area contributed by atoms with Crippen molar-refractivity contribution in [2.75, 3.05) is 18.4 Å². The SMILES string of the molecule is CCC1(C(=O)Nc2ccc(Br)c(Cl)c2Cl)CCNCC1. The Bertz CT molecular complexity index is 516. The number of hydrogen-bond donors (Lipinski definition) is 2. The van der Waals surface area contributed by atoms with E-state index in [1.807, 2.05) is 0 Å². The molecule has 1 aliphatic rings. The maximum atomic E-state index is 12.6. The lowest BCUT2D eigenvalue weighted by atomic mass is 9.76. The number of hydrogen-bond acceptors (Lipinski definition) is 2. The normalized spacial score (nSPS) is 17.8. The average Bonchev–Trinajstić information content (AvgIpc) is 2.48. The molecule has 0 unspecified atom stereocenters. The van der Waals surface area contributed by atoms with E-state index < -0.39 is 0 Å². The zero-order chi connectivity index (χ0) is 14.8. The molecule has 3 nitrogen and oxygen atoms in total. The molecule has 1 amide bonds. The van der Waals surface area contributed by atoms with Crippen LogP contribution in [0.25, 0.3) is 0 Å². The number of carbonyl (C=O) groups excluding carboxylic acids is 1. The van der Waals surface area contributed by atoms with Crippen LogP contribution >= 0.6 is 39.1 Å². The maximum absolute atomic E-state index is 12.6. The van der Waals surface area contributed by atoms with Crippen molar-refractivity contribution in [1.82, 2.24) is 5.32 Å². The quantitative estimate of drug-likeness (QED) is 0.760. The van der Waals surface area contributed by atoms with E-state index in [0.29, 0.717) is 20.2 Å². The summed E-state index contributed by atoms with van der Waals surface area (Å²) in [4.78, 5) is 12.6. The molecule has 1 aromatic rings. The fraction of sp³-hybridized carbons (Fsp3) is 0.500. The first kappa shape index (κ1) is 16.1. The lowest BCUT2D eigenvalue weighted by Crippen LogP contribution is -2.44. The number of halogens is 3. The van der Waals surface area contributed by atoms with Gasteiger partial charge in [-0.3, -0.25) is 4.79 Å². The monoisotopic (exact) mass is 378 g/mol. The highest BCUT2D eigenvalue weighted by Gasteiger charge is 2.37. The molecule has 0 aromatic heterocycles. The van der Waals surface area contributed by atoms with E-state index in [1.54, 1.807) is 12.1 Å². The molecule has 2 N–H and O–H groups in total. The molecule has 1 saturated heterocycles. The summed E-state index contributed by atoms with van der Waals surface area (Å²) < 4.78 is 0.717. The van der Waals surface area contributed by atoms with Gasteiger partial charge in [-0.05, 0) is 60.4 Å². The Morgan fingerprint density at radius 3 is 2.60 bits per heavy atom. The molecule has 20 heavy (non-hydrogen) atoms. The summed E-state index contributed by atoms with van der Waals surface area (Å²) >= 11 is 15.6. The highest BCUT2D eigenvalue weighted by molar-refractivity contribution is 9.10. The molecule has 6 heteroatoms. The van der Waals surface area contributed by atoms with Crippen molar-refractivity contribution in [3.8, 4) is 0 Å². The molecule has 0 bridgehead atoms. The molecular formula is C14H17BrCl2N2O. The molecule has 0 spiro atoms. The van der Waals surface area contributed by atoms with Crippen LogP contribution in [0.15, 0.2) is 16.6 Å². The van der Waals surface area contributed by atoms with E-state index in [0.717, 1.165) is 32.4 Å². The third-order valence-corrected chi connectivity index (χ3v) is 5.77. The minimum absolute atomic E-state index is 0.0294. The summed E-state index contributed by atoms with van der Waals surface area (Å²) in [7, 11) is 0. The minimum Gasteiger partial charge on any atom is -0.324 e. The van der Waals surface area contributed by atoms with E-state index in [4.69, 9.17) is 23.2 Å². The van der Waals surface area contributed by atoms with Crippen LogP contribution in [0.1, 0.15) is 26.2 Å². The number of anilines is 1. The number of amides is 1. The van der Waals surface area contributed by atoms with Crippen molar-refractivity contribution in [1.29, 1.82) is 0 Å². The van der Waals surface area contributed by atoms with Crippen molar-refractivity contribution in [2.24, 2.45) is 5.41 Å². The third-order valence-electron chi connectivity index (χ3n) is 4.00. The van der Waals surface area contributed by atoms with Gasteiger partial charge in [0.25, 0.3) is 0 Å². The summed E-state index contributed by atoms with van der Waals surface area (Å²) in [6, 6.07) is 3.55. The number of piperidine rings is 1. The van der Waals surface area contributed by atoms with Gasteiger partial charge in [-0.25, -0.2) is 0 Å². The Morgan fingerprint density at radius 2 is 2.00 bits per heavy atom. The smallest absolute Gasteiger partial charge is 0.230 e. The van der Waals surface area contributed by atoms with E-state index in [-0.39, 0.29) is 11.3 Å². The predicted octanol–water partition coefficient (Wildman–Crippen LogP) is 4.47. The van der Waals surface area contributed by atoms with Crippen molar-refractivity contribution in [3.63, 3.8) is 0 Å². The van der Waals surface area contributed by atoms with Crippen LogP contribution in [-0.2, 0) is 4.79 Å². The van der Waals surface area contributed by atoms with Crippen molar-refractivity contribution < 1.29 is 4.79 Å². The van der Waals surface area contributed by atoms with E-state index in [1.165, 1.54) is 0 Å². The summed E-state index contributed by atoms with van der Waals surface area (Å²) in [5.74, 6) is 0.0294. The lowest BCUT2D eigenvalue weighted by Gasteiger charge is -2.35. The van der Waals surface area contributed by atoms with Gasteiger partial charge in [0.1, 0.15) is 0 Å². The Morgan fingerprint density at radius 1 is 1.35 bits per heavy atom. The molecule has 0 radical (unpaired) electrons. The number of rotatable bonds is 3. The minimum atomic E-state index is -0.311. The standard InChI is InChI=1S/C14H17BrCl2N2O/c1-2-14(5-7-18-8-6-14)13(20)19-10-4-3-9(15)11(16)12(10)17/h3-4,18H,2,5-8H2,1H3,(H,19,20). The molecule has 0 saturated carbocycles. The molecule has 0 atom stereocenters. The van der Waals surface area contributed by atoms with E-state index in [2.05, 4.69) is 33.5 Å². The second-order valence-electron chi connectivity index (χ2n) is 5.06. The zero-order valence-electron chi connectivity index (χ0n) is 11.2. The van der Waals surface area contributed by atoms with Gasteiger partial charge in [-0.15, -0.1) is 0 Å². The second-order valence-corrected chi connectivity index (χ2v) is 6.67. The van der Waals surface area contributed by atoms with Gasteiger partial charge in [0.2, 0.25) is 5.91 Å². The molecule has 1 aliphatic heterocycles. The van der Waals surface area contributed by atoms with Crippen LogP contribution in [0.4, 0.5) is 5.69 Å².